The largest absolute Gasteiger partial charge is 0.495 e. The summed E-state index contributed by atoms with van der Waals surface area (Å²) in [6, 6.07) is 5.87. The molecule has 5 nitrogen and oxygen atoms in total. The fourth-order valence-electron chi connectivity index (χ4n) is 2.84. The van der Waals surface area contributed by atoms with E-state index in [1.807, 2.05) is 0 Å². The average Bonchev–Trinajstić information content (AvgIpc) is 2.99. The lowest BCUT2D eigenvalue weighted by Gasteiger charge is -2.23. The van der Waals surface area contributed by atoms with Gasteiger partial charge in [-0.25, -0.2) is 0 Å². The van der Waals surface area contributed by atoms with Gasteiger partial charge in [0, 0.05) is 24.7 Å². The molecule has 5 heteroatoms. The number of nitrogen functional groups attached to an aromatic ring is 1. The molecular formula is C16H25N3O2. The summed E-state index contributed by atoms with van der Waals surface area (Å²) in [6.45, 7) is 0.779. The number of nitrogens with two attached hydrogens (primary N) is 1. The minimum absolute atomic E-state index is 0.0104. The molecule has 21 heavy (non-hydrogen) atoms. The summed E-state index contributed by atoms with van der Waals surface area (Å²) in [7, 11) is 3.68. The number of rotatable bonds is 6. The topological polar surface area (TPSA) is 67.6 Å². The monoisotopic (exact) mass is 291 g/mol. The molecule has 0 atom stereocenters. The van der Waals surface area contributed by atoms with Gasteiger partial charge in [0.1, 0.15) is 5.75 Å². The number of carbonyl (C=O) groups excluding carboxylic acids is 1. The minimum Gasteiger partial charge on any atom is -0.495 e. The molecule has 0 aromatic heterocycles. The quantitative estimate of drug-likeness (QED) is 0.790. The number of amides is 1. The van der Waals surface area contributed by atoms with Crippen LogP contribution in [0.25, 0.3) is 0 Å². The normalized spacial score (nSPS) is 15.4. The fraction of sp³-hybridized carbons (Fsp3) is 0.562. The third-order valence-corrected chi connectivity index (χ3v) is 4.14. The van der Waals surface area contributed by atoms with Crippen LogP contribution in [0.5, 0.6) is 5.75 Å². The highest BCUT2D eigenvalue weighted by molar-refractivity contribution is 5.93. The van der Waals surface area contributed by atoms with Crippen LogP contribution in [-0.4, -0.2) is 37.6 Å². The van der Waals surface area contributed by atoms with Crippen molar-refractivity contribution in [2.75, 3.05) is 31.8 Å². The molecule has 0 heterocycles. The number of anilines is 2. The maximum absolute atomic E-state index is 12.1. The lowest BCUT2D eigenvalue weighted by Crippen LogP contribution is -2.32. The van der Waals surface area contributed by atoms with E-state index in [-0.39, 0.29) is 5.91 Å². The number of nitrogens with zero attached hydrogens (tertiary/aromatic N) is 1. The van der Waals surface area contributed by atoms with Crippen LogP contribution in [0.4, 0.5) is 11.4 Å². The maximum Gasteiger partial charge on any atom is 0.225 e. The number of nitrogens with one attached hydrogen (secondary N) is 1. The predicted molar refractivity (Wildman–Crippen MR) is 85.5 cm³/mol. The average molecular weight is 291 g/mol. The number of hydrogen-bond donors (Lipinski definition) is 2. The van der Waals surface area contributed by atoms with E-state index in [9.17, 15) is 4.79 Å². The molecular weight excluding hydrogens is 266 g/mol. The van der Waals surface area contributed by atoms with Crippen molar-refractivity contribution in [3.8, 4) is 5.75 Å². The molecule has 1 amide bonds. The first-order chi connectivity index (χ1) is 10.1. The van der Waals surface area contributed by atoms with Crippen LogP contribution < -0.4 is 15.8 Å². The second-order valence-corrected chi connectivity index (χ2v) is 5.68. The van der Waals surface area contributed by atoms with Gasteiger partial charge in [-0.1, -0.05) is 12.8 Å². The van der Waals surface area contributed by atoms with Gasteiger partial charge in [-0.3, -0.25) is 4.79 Å². The van der Waals surface area contributed by atoms with Gasteiger partial charge in [0.15, 0.2) is 0 Å². The summed E-state index contributed by atoms with van der Waals surface area (Å²) in [6.07, 6.45) is 5.59. The van der Waals surface area contributed by atoms with Crippen LogP contribution in [0, 0.1) is 0 Å². The van der Waals surface area contributed by atoms with E-state index in [1.54, 1.807) is 25.3 Å². The number of ether oxygens (including phenoxy) is 1. The van der Waals surface area contributed by atoms with Gasteiger partial charge < -0.3 is 20.7 Å². The summed E-state index contributed by atoms with van der Waals surface area (Å²) in [4.78, 5) is 14.4. The van der Waals surface area contributed by atoms with E-state index in [4.69, 9.17) is 10.5 Å². The van der Waals surface area contributed by atoms with Gasteiger partial charge in [0.05, 0.1) is 12.8 Å². The van der Waals surface area contributed by atoms with E-state index in [2.05, 4.69) is 17.3 Å². The van der Waals surface area contributed by atoms with Crippen molar-refractivity contribution in [1.29, 1.82) is 0 Å². The lowest BCUT2D eigenvalue weighted by atomic mass is 10.2. The predicted octanol–water partition coefficient (Wildman–Crippen LogP) is 2.48. The van der Waals surface area contributed by atoms with Crippen molar-refractivity contribution in [1.82, 2.24) is 4.90 Å². The van der Waals surface area contributed by atoms with E-state index in [0.717, 1.165) is 6.54 Å². The Morgan fingerprint density at radius 1 is 1.43 bits per heavy atom. The lowest BCUT2D eigenvalue weighted by molar-refractivity contribution is -0.116. The zero-order chi connectivity index (χ0) is 15.2. The van der Waals surface area contributed by atoms with E-state index >= 15 is 0 Å². The zero-order valence-corrected chi connectivity index (χ0v) is 12.9. The first-order valence-electron chi connectivity index (χ1n) is 7.53. The van der Waals surface area contributed by atoms with E-state index in [1.165, 1.54) is 25.7 Å². The summed E-state index contributed by atoms with van der Waals surface area (Å²) >= 11 is 0. The molecule has 3 N–H and O–H groups in total. The molecule has 1 aromatic carbocycles. The van der Waals surface area contributed by atoms with Crippen LogP contribution in [0.1, 0.15) is 32.1 Å². The Morgan fingerprint density at radius 2 is 2.14 bits per heavy atom. The standard InChI is InChI=1S/C16H25N3O2/c1-19(13-5-3-4-6-13)10-9-16(20)18-14-11-12(17)7-8-15(14)21-2/h7-8,11,13H,3-6,9-10,17H2,1-2H3,(H,18,20). The number of benzene rings is 1. The van der Waals surface area contributed by atoms with Crippen LogP contribution >= 0.6 is 0 Å². The Morgan fingerprint density at radius 3 is 2.81 bits per heavy atom. The highest BCUT2D eigenvalue weighted by Gasteiger charge is 2.19. The minimum atomic E-state index is -0.0104. The first-order valence-corrected chi connectivity index (χ1v) is 7.53. The molecule has 0 unspecified atom stereocenters. The number of hydrogen-bond acceptors (Lipinski definition) is 4. The molecule has 0 spiro atoms. The zero-order valence-electron chi connectivity index (χ0n) is 12.9. The van der Waals surface area contributed by atoms with Crippen molar-refractivity contribution in [2.24, 2.45) is 0 Å². The highest BCUT2D eigenvalue weighted by Crippen LogP contribution is 2.27. The molecule has 0 bridgehead atoms. The van der Waals surface area contributed by atoms with Gasteiger partial charge in [0.25, 0.3) is 0 Å². The van der Waals surface area contributed by atoms with Gasteiger partial charge in [0.2, 0.25) is 5.91 Å². The van der Waals surface area contributed by atoms with Crippen molar-refractivity contribution >= 4 is 17.3 Å². The van der Waals surface area contributed by atoms with E-state index in [0.29, 0.717) is 29.6 Å². The molecule has 1 aromatic rings. The van der Waals surface area contributed by atoms with E-state index < -0.39 is 0 Å². The molecule has 2 rings (SSSR count). The molecule has 1 aliphatic rings. The van der Waals surface area contributed by atoms with Gasteiger partial charge in [-0.2, -0.15) is 0 Å². The Bertz CT molecular complexity index is 484. The smallest absolute Gasteiger partial charge is 0.225 e. The van der Waals surface area contributed by atoms with Crippen molar-refractivity contribution in [3.05, 3.63) is 18.2 Å². The third kappa shape index (κ3) is 4.36. The summed E-state index contributed by atoms with van der Waals surface area (Å²) in [5, 5.41) is 2.88. The number of methoxy groups -OCH3 is 1. The van der Waals surface area contributed by atoms with Gasteiger partial charge >= 0.3 is 0 Å². The molecule has 1 aliphatic carbocycles. The maximum atomic E-state index is 12.1. The van der Waals surface area contributed by atoms with Crippen LogP contribution in [0.2, 0.25) is 0 Å². The number of carbonyl (C=O) groups is 1. The van der Waals surface area contributed by atoms with Crippen LogP contribution in [0.3, 0.4) is 0 Å². The second-order valence-electron chi connectivity index (χ2n) is 5.68. The molecule has 116 valence electrons. The molecule has 0 aliphatic heterocycles. The Kier molecular flexibility index (Phi) is 5.44. The highest BCUT2D eigenvalue weighted by atomic mass is 16.5. The third-order valence-electron chi connectivity index (χ3n) is 4.14. The summed E-state index contributed by atoms with van der Waals surface area (Å²) in [5.74, 6) is 0.616. The summed E-state index contributed by atoms with van der Waals surface area (Å²) < 4.78 is 5.23. The Balaban J connectivity index is 1.85. The molecule has 0 radical (unpaired) electrons. The Hall–Kier alpha value is -1.75. The van der Waals surface area contributed by atoms with Crippen molar-refractivity contribution in [3.63, 3.8) is 0 Å². The first kappa shape index (κ1) is 15.6. The van der Waals surface area contributed by atoms with Crippen molar-refractivity contribution in [2.45, 2.75) is 38.1 Å². The molecule has 1 saturated carbocycles. The van der Waals surface area contributed by atoms with Gasteiger partial charge in [-0.05, 0) is 38.1 Å². The second kappa shape index (κ2) is 7.31. The SMILES string of the molecule is COc1ccc(N)cc1NC(=O)CCN(C)C1CCCC1. The van der Waals surface area contributed by atoms with Crippen molar-refractivity contribution < 1.29 is 9.53 Å². The Labute approximate surface area is 126 Å². The molecule has 1 fully saturated rings. The van der Waals surface area contributed by atoms with Crippen LogP contribution in [0.15, 0.2) is 18.2 Å². The summed E-state index contributed by atoms with van der Waals surface area (Å²) in [5.41, 5.74) is 6.98. The van der Waals surface area contributed by atoms with Gasteiger partial charge in [-0.15, -0.1) is 0 Å². The van der Waals surface area contributed by atoms with Crippen LogP contribution in [-0.2, 0) is 4.79 Å². The fourth-order valence-corrected chi connectivity index (χ4v) is 2.84. The molecule has 0 saturated heterocycles.